The van der Waals surface area contributed by atoms with E-state index < -0.39 is 0 Å². The highest BCUT2D eigenvalue weighted by atomic mass is 35.5. The molecule has 3 heteroatoms. The summed E-state index contributed by atoms with van der Waals surface area (Å²) >= 11 is 7.97. The fourth-order valence-corrected chi connectivity index (χ4v) is 2.92. The van der Waals surface area contributed by atoms with Gasteiger partial charge in [0, 0.05) is 22.5 Å². The highest BCUT2D eigenvalue weighted by Gasteiger charge is 2.09. The number of halogens is 1. The molecule has 90 valence electrons. The predicted molar refractivity (Wildman–Crippen MR) is 75.8 cm³/mol. The fourth-order valence-electron chi connectivity index (χ4n) is 1.77. The molecule has 1 nitrogen and oxygen atoms in total. The van der Waals surface area contributed by atoms with Gasteiger partial charge in [0.2, 0.25) is 0 Å². The maximum Gasteiger partial charge on any atom is 0.0453 e. The van der Waals surface area contributed by atoms with E-state index in [1.165, 1.54) is 10.4 Å². The minimum atomic E-state index is 0.269. The smallest absolute Gasteiger partial charge is 0.0453 e. The van der Waals surface area contributed by atoms with Crippen molar-refractivity contribution in [3.63, 3.8) is 0 Å². The third-order valence-electron chi connectivity index (χ3n) is 2.91. The van der Waals surface area contributed by atoms with Crippen molar-refractivity contribution < 1.29 is 0 Å². The summed E-state index contributed by atoms with van der Waals surface area (Å²) < 4.78 is 0. The highest BCUT2D eigenvalue weighted by Crippen LogP contribution is 2.23. The van der Waals surface area contributed by atoms with E-state index in [-0.39, 0.29) is 6.04 Å². The van der Waals surface area contributed by atoms with E-state index in [0.29, 0.717) is 0 Å². The molecule has 1 aromatic carbocycles. The van der Waals surface area contributed by atoms with Gasteiger partial charge < -0.3 is 5.32 Å². The maximum absolute atomic E-state index is 6.17. The number of hydrogen-bond donors (Lipinski definition) is 1. The van der Waals surface area contributed by atoms with Crippen molar-refractivity contribution in [2.24, 2.45) is 0 Å². The standard InChI is InChI=1S/C14H16ClNS/c1-10-7-8-17-14(10)9-16-11(2)12-5-3-4-6-13(12)15/h3-8,11,16H,9H2,1-2H3/t11-/m1/s1. The average Bonchev–Trinajstić information content (AvgIpc) is 2.72. The molecule has 0 spiro atoms. The van der Waals surface area contributed by atoms with E-state index in [1.54, 1.807) is 11.3 Å². The lowest BCUT2D eigenvalue weighted by molar-refractivity contribution is 0.578. The van der Waals surface area contributed by atoms with E-state index in [4.69, 9.17) is 11.6 Å². The Kier molecular flexibility index (Phi) is 4.21. The Morgan fingerprint density at radius 3 is 2.71 bits per heavy atom. The zero-order valence-electron chi connectivity index (χ0n) is 10.0. The molecule has 0 unspecified atom stereocenters. The SMILES string of the molecule is Cc1ccsc1CN[C@H](C)c1ccccc1Cl. The second-order valence-electron chi connectivity index (χ2n) is 4.15. The monoisotopic (exact) mass is 265 g/mol. The van der Waals surface area contributed by atoms with Gasteiger partial charge in [0.25, 0.3) is 0 Å². The topological polar surface area (TPSA) is 12.0 Å². The minimum absolute atomic E-state index is 0.269. The number of rotatable bonds is 4. The van der Waals surface area contributed by atoms with Crippen LogP contribution in [-0.4, -0.2) is 0 Å². The van der Waals surface area contributed by atoms with Crippen LogP contribution in [0.4, 0.5) is 0 Å². The molecule has 0 bridgehead atoms. The molecule has 0 saturated heterocycles. The van der Waals surface area contributed by atoms with Crippen molar-refractivity contribution in [3.8, 4) is 0 Å². The third kappa shape index (κ3) is 3.09. The van der Waals surface area contributed by atoms with Gasteiger partial charge in [0.15, 0.2) is 0 Å². The zero-order valence-corrected chi connectivity index (χ0v) is 11.6. The molecule has 2 rings (SSSR count). The predicted octanol–water partition coefficient (Wildman–Crippen LogP) is 4.56. The van der Waals surface area contributed by atoms with Gasteiger partial charge in [-0.1, -0.05) is 29.8 Å². The molecule has 1 heterocycles. The third-order valence-corrected chi connectivity index (χ3v) is 4.28. The number of thiophene rings is 1. The van der Waals surface area contributed by atoms with Crippen LogP contribution in [0.25, 0.3) is 0 Å². The number of nitrogens with one attached hydrogen (secondary N) is 1. The molecule has 1 N–H and O–H groups in total. The lowest BCUT2D eigenvalue weighted by atomic mass is 10.1. The molecule has 0 saturated carbocycles. The normalized spacial score (nSPS) is 12.6. The van der Waals surface area contributed by atoms with Crippen LogP contribution in [0.1, 0.15) is 29.0 Å². The Labute approximate surface area is 111 Å². The average molecular weight is 266 g/mol. The van der Waals surface area contributed by atoms with Crippen molar-refractivity contribution in [1.29, 1.82) is 0 Å². The van der Waals surface area contributed by atoms with Crippen molar-refractivity contribution in [3.05, 3.63) is 56.7 Å². The van der Waals surface area contributed by atoms with Crippen molar-refractivity contribution in [2.75, 3.05) is 0 Å². The first kappa shape index (κ1) is 12.6. The van der Waals surface area contributed by atoms with E-state index in [2.05, 4.69) is 36.7 Å². The van der Waals surface area contributed by atoms with E-state index in [9.17, 15) is 0 Å². The van der Waals surface area contributed by atoms with Gasteiger partial charge in [-0.2, -0.15) is 0 Å². The van der Waals surface area contributed by atoms with Crippen molar-refractivity contribution in [2.45, 2.75) is 26.4 Å². The van der Waals surface area contributed by atoms with E-state index >= 15 is 0 Å². The van der Waals surface area contributed by atoms with Gasteiger partial charge in [-0.25, -0.2) is 0 Å². The molecule has 0 fully saturated rings. The molecule has 0 aliphatic carbocycles. The van der Waals surface area contributed by atoms with Crippen molar-refractivity contribution in [1.82, 2.24) is 5.32 Å². The highest BCUT2D eigenvalue weighted by molar-refractivity contribution is 7.10. The Morgan fingerprint density at radius 1 is 1.29 bits per heavy atom. The van der Waals surface area contributed by atoms with Gasteiger partial charge in [-0.05, 0) is 42.5 Å². The molecule has 0 radical (unpaired) electrons. The van der Waals surface area contributed by atoms with E-state index in [1.807, 2.05) is 18.2 Å². The molecule has 1 atom stereocenters. The van der Waals surface area contributed by atoms with Crippen LogP contribution in [-0.2, 0) is 6.54 Å². The van der Waals surface area contributed by atoms with Crippen molar-refractivity contribution >= 4 is 22.9 Å². The van der Waals surface area contributed by atoms with Crippen LogP contribution in [0, 0.1) is 6.92 Å². The first-order valence-electron chi connectivity index (χ1n) is 5.69. The van der Waals surface area contributed by atoms with Crippen LogP contribution in [0.5, 0.6) is 0 Å². The molecule has 1 aromatic heterocycles. The first-order chi connectivity index (χ1) is 8.18. The summed E-state index contributed by atoms with van der Waals surface area (Å²) in [6, 6.07) is 10.4. The summed E-state index contributed by atoms with van der Waals surface area (Å²) in [4.78, 5) is 1.39. The van der Waals surface area contributed by atoms with Gasteiger partial charge in [0.05, 0.1) is 0 Å². The molecule has 2 aromatic rings. The van der Waals surface area contributed by atoms with Crippen LogP contribution >= 0.6 is 22.9 Å². The second-order valence-corrected chi connectivity index (χ2v) is 5.56. The molecule has 17 heavy (non-hydrogen) atoms. The molecular weight excluding hydrogens is 250 g/mol. The maximum atomic E-state index is 6.17. The fraction of sp³-hybridized carbons (Fsp3) is 0.286. The minimum Gasteiger partial charge on any atom is -0.305 e. The number of aryl methyl sites for hydroxylation is 1. The van der Waals surface area contributed by atoms with Gasteiger partial charge >= 0.3 is 0 Å². The Hall–Kier alpha value is -0.830. The lowest BCUT2D eigenvalue weighted by Crippen LogP contribution is -2.18. The molecular formula is C14H16ClNS. The Morgan fingerprint density at radius 2 is 2.06 bits per heavy atom. The summed E-state index contributed by atoms with van der Waals surface area (Å²) in [5.41, 5.74) is 2.51. The Balaban J connectivity index is 2.01. The second kappa shape index (κ2) is 5.67. The summed E-state index contributed by atoms with van der Waals surface area (Å²) in [6.07, 6.45) is 0. The largest absolute Gasteiger partial charge is 0.305 e. The van der Waals surface area contributed by atoms with Gasteiger partial charge in [0.1, 0.15) is 0 Å². The van der Waals surface area contributed by atoms with Crippen LogP contribution in [0.3, 0.4) is 0 Å². The lowest BCUT2D eigenvalue weighted by Gasteiger charge is -2.15. The quantitative estimate of drug-likeness (QED) is 0.855. The Bertz CT molecular complexity index is 492. The number of hydrogen-bond acceptors (Lipinski definition) is 2. The molecule has 0 amide bonds. The first-order valence-corrected chi connectivity index (χ1v) is 6.95. The van der Waals surface area contributed by atoms with E-state index in [0.717, 1.165) is 17.1 Å². The van der Waals surface area contributed by atoms with Gasteiger partial charge in [-0.15, -0.1) is 11.3 Å². The molecule has 0 aliphatic rings. The summed E-state index contributed by atoms with van der Waals surface area (Å²) in [6.45, 7) is 5.19. The summed E-state index contributed by atoms with van der Waals surface area (Å²) in [5.74, 6) is 0. The summed E-state index contributed by atoms with van der Waals surface area (Å²) in [7, 11) is 0. The number of benzene rings is 1. The zero-order chi connectivity index (χ0) is 12.3. The summed E-state index contributed by atoms with van der Waals surface area (Å²) in [5, 5.41) is 6.47. The van der Waals surface area contributed by atoms with Gasteiger partial charge in [-0.3, -0.25) is 0 Å². The molecule has 0 aliphatic heterocycles. The van der Waals surface area contributed by atoms with Crippen LogP contribution in [0.15, 0.2) is 35.7 Å². The van der Waals surface area contributed by atoms with Crippen LogP contribution < -0.4 is 5.32 Å². The van der Waals surface area contributed by atoms with Crippen LogP contribution in [0.2, 0.25) is 5.02 Å².